The monoisotopic (exact) mass is 250 g/mol. The predicted molar refractivity (Wildman–Crippen MR) is 70.1 cm³/mol. The highest BCUT2D eigenvalue weighted by molar-refractivity contribution is 7.12. The third-order valence-electron chi connectivity index (χ3n) is 1.81. The molecule has 0 aliphatic rings. The third-order valence-corrected chi connectivity index (χ3v) is 3.60. The summed E-state index contributed by atoms with van der Waals surface area (Å²) < 4.78 is 0. The van der Waals surface area contributed by atoms with Gasteiger partial charge in [-0.1, -0.05) is 12.1 Å². The molecule has 0 aliphatic heterocycles. The van der Waals surface area contributed by atoms with Gasteiger partial charge in [-0.2, -0.15) is 0 Å². The Morgan fingerprint density at radius 3 is 1.62 bits per heavy atom. The summed E-state index contributed by atoms with van der Waals surface area (Å²) in [7, 11) is 0. The molecule has 2 heterocycles. The Morgan fingerprint density at radius 2 is 1.31 bits per heavy atom. The summed E-state index contributed by atoms with van der Waals surface area (Å²) in [4.78, 5) is 1.78. The molecule has 0 amide bonds. The van der Waals surface area contributed by atoms with E-state index in [4.69, 9.17) is 11.5 Å². The molecule has 0 bridgehead atoms. The van der Waals surface area contributed by atoms with Gasteiger partial charge in [0.15, 0.2) is 11.7 Å². The highest BCUT2D eigenvalue weighted by Crippen LogP contribution is 2.09. The van der Waals surface area contributed by atoms with Crippen LogP contribution in [0.3, 0.4) is 0 Å². The Hall–Kier alpha value is -1.66. The van der Waals surface area contributed by atoms with Gasteiger partial charge in [0.25, 0.3) is 0 Å². The lowest BCUT2D eigenvalue weighted by Gasteiger charge is -1.94. The average Bonchev–Trinajstić information content (AvgIpc) is 2.95. The van der Waals surface area contributed by atoms with E-state index in [-0.39, 0.29) is 0 Å². The van der Waals surface area contributed by atoms with Gasteiger partial charge in [0.2, 0.25) is 0 Å². The van der Waals surface area contributed by atoms with Gasteiger partial charge in [0.05, 0.1) is 9.75 Å². The Balaban J connectivity index is 2.17. The van der Waals surface area contributed by atoms with Crippen LogP contribution in [0.1, 0.15) is 9.75 Å². The molecule has 0 fully saturated rings. The minimum absolute atomic E-state index is 0.384. The van der Waals surface area contributed by atoms with Crippen LogP contribution >= 0.6 is 22.7 Å². The lowest BCUT2D eigenvalue weighted by Crippen LogP contribution is -2.14. The summed E-state index contributed by atoms with van der Waals surface area (Å²) in [5, 5.41) is 11.7. The Morgan fingerprint density at radius 1 is 0.875 bits per heavy atom. The molecule has 6 heteroatoms. The van der Waals surface area contributed by atoms with Crippen LogP contribution in [0.2, 0.25) is 0 Å². The number of hydrogen-bond donors (Lipinski definition) is 2. The molecule has 0 saturated heterocycles. The molecule has 0 radical (unpaired) electrons. The van der Waals surface area contributed by atoms with Crippen molar-refractivity contribution in [2.24, 2.45) is 21.7 Å². The molecule has 4 nitrogen and oxygen atoms in total. The fourth-order valence-corrected chi connectivity index (χ4v) is 2.30. The molecule has 0 spiro atoms. The van der Waals surface area contributed by atoms with Crippen molar-refractivity contribution in [1.29, 1.82) is 0 Å². The highest BCUT2D eigenvalue weighted by Gasteiger charge is 2.00. The van der Waals surface area contributed by atoms with E-state index < -0.39 is 0 Å². The molecule has 0 aromatic carbocycles. The average molecular weight is 250 g/mol. The lowest BCUT2D eigenvalue weighted by atomic mass is 10.4. The standard InChI is InChI=1S/C10H10N4S2/c11-9(7-3-1-5-15-7)13-14-10(12)8-4-2-6-16-8/h1-6H,(H2,11,13)(H2,12,14). The summed E-state index contributed by atoms with van der Waals surface area (Å²) in [6, 6.07) is 7.60. The zero-order valence-electron chi connectivity index (χ0n) is 8.33. The number of nitrogens with zero attached hydrogens (tertiary/aromatic N) is 2. The van der Waals surface area contributed by atoms with Gasteiger partial charge >= 0.3 is 0 Å². The van der Waals surface area contributed by atoms with E-state index in [9.17, 15) is 0 Å². The van der Waals surface area contributed by atoms with Crippen molar-refractivity contribution in [1.82, 2.24) is 0 Å². The van der Waals surface area contributed by atoms with Crippen LogP contribution in [0.25, 0.3) is 0 Å². The Bertz CT molecular complexity index is 449. The smallest absolute Gasteiger partial charge is 0.163 e. The van der Waals surface area contributed by atoms with Crippen LogP contribution < -0.4 is 11.5 Å². The maximum absolute atomic E-state index is 5.74. The molecule has 16 heavy (non-hydrogen) atoms. The molecule has 82 valence electrons. The lowest BCUT2D eigenvalue weighted by molar-refractivity contribution is 1.21. The molecule has 0 atom stereocenters. The normalized spacial score (nSPS) is 13.0. The third kappa shape index (κ3) is 2.47. The van der Waals surface area contributed by atoms with Crippen molar-refractivity contribution in [3.63, 3.8) is 0 Å². The van der Waals surface area contributed by atoms with Crippen molar-refractivity contribution in [2.45, 2.75) is 0 Å². The quantitative estimate of drug-likeness (QED) is 0.495. The first-order chi connectivity index (χ1) is 7.77. The van der Waals surface area contributed by atoms with Gasteiger partial charge in [-0.3, -0.25) is 0 Å². The molecule has 2 aromatic rings. The second-order valence-electron chi connectivity index (χ2n) is 2.93. The van der Waals surface area contributed by atoms with Crippen molar-refractivity contribution in [2.75, 3.05) is 0 Å². The van der Waals surface area contributed by atoms with E-state index >= 15 is 0 Å². The highest BCUT2D eigenvalue weighted by atomic mass is 32.1. The van der Waals surface area contributed by atoms with E-state index in [2.05, 4.69) is 10.2 Å². The number of amidine groups is 2. The number of thiophene rings is 2. The fourth-order valence-electron chi connectivity index (χ4n) is 1.05. The first kappa shape index (κ1) is 10.8. The van der Waals surface area contributed by atoms with E-state index in [0.29, 0.717) is 11.7 Å². The minimum atomic E-state index is 0.384. The van der Waals surface area contributed by atoms with Crippen molar-refractivity contribution < 1.29 is 0 Å². The summed E-state index contributed by atoms with van der Waals surface area (Å²) in [6.07, 6.45) is 0. The molecule has 0 unspecified atom stereocenters. The van der Waals surface area contributed by atoms with Gasteiger partial charge in [-0.25, -0.2) is 0 Å². The molecule has 4 N–H and O–H groups in total. The summed E-state index contributed by atoms with van der Waals surface area (Å²) >= 11 is 3.03. The van der Waals surface area contributed by atoms with Crippen LogP contribution in [0, 0.1) is 0 Å². The Labute approximate surface area is 101 Å². The van der Waals surface area contributed by atoms with Crippen LogP contribution in [0.4, 0.5) is 0 Å². The SMILES string of the molecule is N/C(=N\N=C(/N)c1cccs1)c1cccs1. The first-order valence-corrected chi connectivity index (χ1v) is 6.27. The number of nitrogens with two attached hydrogens (primary N) is 2. The fraction of sp³-hybridized carbons (Fsp3) is 0. The zero-order valence-corrected chi connectivity index (χ0v) is 9.96. The van der Waals surface area contributed by atoms with Gasteiger partial charge in [0, 0.05) is 0 Å². The van der Waals surface area contributed by atoms with Crippen molar-refractivity contribution >= 4 is 34.3 Å². The molecule has 2 rings (SSSR count). The molecule has 2 aromatic heterocycles. The van der Waals surface area contributed by atoms with Gasteiger partial charge in [-0.05, 0) is 22.9 Å². The van der Waals surface area contributed by atoms with Crippen molar-refractivity contribution in [3.05, 3.63) is 44.8 Å². The first-order valence-electron chi connectivity index (χ1n) is 4.51. The maximum atomic E-state index is 5.74. The molecular weight excluding hydrogens is 240 g/mol. The topological polar surface area (TPSA) is 76.8 Å². The minimum Gasteiger partial charge on any atom is -0.381 e. The maximum Gasteiger partial charge on any atom is 0.163 e. The number of hydrogen-bond acceptors (Lipinski definition) is 4. The van der Waals surface area contributed by atoms with E-state index in [0.717, 1.165) is 9.75 Å². The van der Waals surface area contributed by atoms with Crippen LogP contribution in [0.15, 0.2) is 45.2 Å². The summed E-state index contributed by atoms with van der Waals surface area (Å²) in [5.74, 6) is 0.768. The molecule has 0 aliphatic carbocycles. The van der Waals surface area contributed by atoms with E-state index in [1.807, 2.05) is 35.0 Å². The summed E-state index contributed by atoms with van der Waals surface area (Å²) in [6.45, 7) is 0. The second kappa shape index (κ2) is 4.91. The zero-order chi connectivity index (χ0) is 11.4. The van der Waals surface area contributed by atoms with Crippen LogP contribution in [0.5, 0.6) is 0 Å². The van der Waals surface area contributed by atoms with E-state index in [1.165, 1.54) is 22.7 Å². The second-order valence-corrected chi connectivity index (χ2v) is 4.82. The molecular formula is C10H10N4S2. The van der Waals surface area contributed by atoms with Crippen LogP contribution in [-0.4, -0.2) is 11.7 Å². The predicted octanol–water partition coefficient (Wildman–Crippen LogP) is 1.84. The van der Waals surface area contributed by atoms with Crippen molar-refractivity contribution in [3.8, 4) is 0 Å². The van der Waals surface area contributed by atoms with Gasteiger partial charge < -0.3 is 11.5 Å². The van der Waals surface area contributed by atoms with Gasteiger partial charge in [-0.15, -0.1) is 32.9 Å². The van der Waals surface area contributed by atoms with Crippen LogP contribution in [-0.2, 0) is 0 Å². The van der Waals surface area contributed by atoms with Gasteiger partial charge in [0.1, 0.15) is 0 Å². The molecule has 0 saturated carbocycles. The largest absolute Gasteiger partial charge is 0.381 e. The number of rotatable bonds is 3. The summed E-state index contributed by atoms with van der Waals surface area (Å²) in [5.41, 5.74) is 11.5. The Kier molecular flexibility index (Phi) is 3.33. The van der Waals surface area contributed by atoms with E-state index in [1.54, 1.807) is 0 Å².